The summed E-state index contributed by atoms with van der Waals surface area (Å²) >= 11 is 0. The van der Waals surface area contributed by atoms with Gasteiger partial charge in [-0.25, -0.2) is 0 Å². The maximum absolute atomic E-state index is 5.95. The van der Waals surface area contributed by atoms with Gasteiger partial charge in [0.25, 0.3) is 0 Å². The Hall–Kier alpha value is -5.28. The molecule has 0 bridgehead atoms. The van der Waals surface area contributed by atoms with Crippen molar-refractivity contribution in [2.75, 3.05) is 0 Å². The molecule has 45 heavy (non-hydrogen) atoms. The molecule has 0 aliphatic heterocycles. The van der Waals surface area contributed by atoms with Crippen LogP contribution in [0.25, 0.3) is 67.4 Å². The van der Waals surface area contributed by atoms with Crippen molar-refractivity contribution in [3.63, 3.8) is 0 Å². The summed E-state index contributed by atoms with van der Waals surface area (Å²) in [5, 5.41) is 3.75. The molecule has 2 heterocycles. The van der Waals surface area contributed by atoms with E-state index in [1.54, 1.807) is 6.20 Å². The van der Waals surface area contributed by atoms with Gasteiger partial charge in [0.1, 0.15) is 0 Å². The van der Waals surface area contributed by atoms with E-state index in [2.05, 4.69) is 153 Å². The van der Waals surface area contributed by atoms with Crippen molar-refractivity contribution in [2.24, 2.45) is 5.73 Å². The maximum Gasteiger partial charge on any atom is 0.0547 e. The Morgan fingerprint density at radius 3 is 2.11 bits per heavy atom. The largest absolute Gasteiger partial charge is 0.405 e. The molecule has 7 rings (SSSR count). The number of hydrogen-bond acceptors (Lipinski definition) is 1. The summed E-state index contributed by atoms with van der Waals surface area (Å²) in [6.07, 6.45) is 9.16. The zero-order valence-corrected chi connectivity index (χ0v) is 26.7. The van der Waals surface area contributed by atoms with Crippen LogP contribution in [0, 0.1) is 27.7 Å². The Bertz CT molecular complexity index is 2290. The molecule has 5 aromatic carbocycles. The standard InChI is InChI=1S/C42H39N3/c1-6-7-13-31-18-20-34(29(4)28(31)3)36-26-42-38(24-27(36)2)35-16-11-12-17-40(35)45(42)33-19-21-41-37(25-33)30(5)39(22-23-43)44(41)32-14-9-8-10-15-32/h7-26H,6,43H2,1-5H3/b13-7-,23-22-. The number of fused-ring (bicyclic) bond motifs is 4. The minimum Gasteiger partial charge on any atom is -0.405 e. The number of allylic oxidation sites excluding steroid dienone is 1. The second kappa shape index (κ2) is 11.3. The SMILES string of the molecule is CC/C=C\c1ccc(-c2cc3c(cc2C)c2ccccc2n3-c2ccc3c(c2)c(C)c(/C=C\N)n3-c2ccccc2)c(C)c1C. The van der Waals surface area contributed by atoms with Crippen LogP contribution in [0.1, 0.15) is 46.9 Å². The number of rotatable bonds is 6. The van der Waals surface area contributed by atoms with Gasteiger partial charge in [0.2, 0.25) is 0 Å². The molecule has 0 spiro atoms. The van der Waals surface area contributed by atoms with E-state index in [9.17, 15) is 0 Å². The molecular formula is C42H39N3. The zero-order chi connectivity index (χ0) is 31.2. The van der Waals surface area contributed by atoms with Gasteiger partial charge >= 0.3 is 0 Å². The van der Waals surface area contributed by atoms with Crippen molar-refractivity contribution in [2.45, 2.75) is 41.0 Å². The predicted octanol–water partition coefficient (Wildman–Crippen LogP) is 11.0. The maximum atomic E-state index is 5.95. The van der Waals surface area contributed by atoms with Crippen molar-refractivity contribution < 1.29 is 0 Å². The molecule has 7 aromatic rings. The summed E-state index contributed by atoms with van der Waals surface area (Å²) in [7, 11) is 0. The van der Waals surface area contributed by atoms with E-state index in [4.69, 9.17) is 5.73 Å². The number of hydrogen-bond donors (Lipinski definition) is 1. The highest BCUT2D eigenvalue weighted by molar-refractivity contribution is 6.11. The molecule has 3 heteroatoms. The van der Waals surface area contributed by atoms with Gasteiger partial charge < -0.3 is 14.9 Å². The number of para-hydroxylation sites is 2. The van der Waals surface area contributed by atoms with Gasteiger partial charge in [-0.3, -0.25) is 0 Å². The van der Waals surface area contributed by atoms with Crippen molar-refractivity contribution >= 4 is 44.9 Å². The summed E-state index contributed by atoms with van der Waals surface area (Å²) in [4.78, 5) is 0. The third kappa shape index (κ3) is 4.58. The molecule has 0 saturated heterocycles. The number of benzene rings is 5. The van der Waals surface area contributed by atoms with Crippen LogP contribution in [-0.4, -0.2) is 9.13 Å². The fourth-order valence-corrected chi connectivity index (χ4v) is 6.99. The van der Waals surface area contributed by atoms with E-state index in [0.717, 1.165) is 29.0 Å². The highest BCUT2D eigenvalue weighted by Crippen LogP contribution is 2.40. The molecule has 0 aliphatic carbocycles. The number of aryl methyl sites for hydroxylation is 2. The summed E-state index contributed by atoms with van der Waals surface area (Å²) in [5.41, 5.74) is 21.9. The van der Waals surface area contributed by atoms with Crippen LogP contribution in [0.5, 0.6) is 0 Å². The first-order valence-electron chi connectivity index (χ1n) is 15.8. The van der Waals surface area contributed by atoms with Gasteiger partial charge in [0.15, 0.2) is 0 Å². The highest BCUT2D eigenvalue weighted by atomic mass is 15.0. The molecule has 2 aromatic heterocycles. The lowest BCUT2D eigenvalue weighted by molar-refractivity contribution is 1.09. The molecule has 0 saturated carbocycles. The average molecular weight is 586 g/mol. The molecule has 222 valence electrons. The van der Waals surface area contributed by atoms with E-state index in [0.29, 0.717) is 0 Å². The first kappa shape index (κ1) is 28.5. The molecule has 0 atom stereocenters. The van der Waals surface area contributed by atoms with Crippen LogP contribution < -0.4 is 5.73 Å². The predicted molar refractivity (Wildman–Crippen MR) is 195 cm³/mol. The summed E-state index contributed by atoms with van der Waals surface area (Å²) in [6, 6.07) is 35.5. The van der Waals surface area contributed by atoms with E-state index in [-0.39, 0.29) is 0 Å². The lowest BCUT2D eigenvalue weighted by Gasteiger charge is -2.16. The average Bonchev–Trinajstić information content (AvgIpc) is 3.52. The second-order valence-electron chi connectivity index (χ2n) is 12.0. The van der Waals surface area contributed by atoms with E-state index in [1.807, 2.05) is 6.08 Å². The zero-order valence-electron chi connectivity index (χ0n) is 26.7. The molecule has 0 unspecified atom stereocenters. The quantitative estimate of drug-likeness (QED) is 0.207. The van der Waals surface area contributed by atoms with Gasteiger partial charge in [-0.05, 0) is 134 Å². The van der Waals surface area contributed by atoms with Crippen molar-refractivity contribution in [3.8, 4) is 22.5 Å². The number of nitrogens with zero attached hydrogens (tertiary/aromatic N) is 2. The topological polar surface area (TPSA) is 35.9 Å². The third-order valence-corrected chi connectivity index (χ3v) is 9.45. The van der Waals surface area contributed by atoms with Crippen LogP contribution in [0.2, 0.25) is 0 Å². The van der Waals surface area contributed by atoms with Crippen LogP contribution in [-0.2, 0) is 0 Å². The normalized spacial score (nSPS) is 12.1. The molecule has 3 nitrogen and oxygen atoms in total. The first-order valence-corrected chi connectivity index (χ1v) is 15.8. The molecule has 2 N–H and O–H groups in total. The fraction of sp³-hybridized carbons (Fsp3) is 0.143. The second-order valence-corrected chi connectivity index (χ2v) is 12.0. The molecule has 0 aliphatic rings. The van der Waals surface area contributed by atoms with Crippen LogP contribution >= 0.6 is 0 Å². The van der Waals surface area contributed by atoms with Gasteiger partial charge in [-0.1, -0.05) is 67.6 Å². The minimum atomic E-state index is 1.04. The van der Waals surface area contributed by atoms with Crippen LogP contribution in [0.15, 0.2) is 109 Å². The Balaban J connectivity index is 1.49. The van der Waals surface area contributed by atoms with E-state index >= 15 is 0 Å². The van der Waals surface area contributed by atoms with Crippen molar-refractivity contribution in [3.05, 3.63) is 143 Å². The Labute approximate surface area is 265 Å². The fourth-order valence-electron chi connectivity index (χ4n) is 6.99. The van der Waals surface area contributed by atoms with Crippen LogP contribution in [0.3, 0.4) is 0 Å². The van der Waals surface area contributed by atoms with Gasteiger partial charge in [0, 0.05) is 27.5 Å². The molecule has 0 amide bonds. The molecule has 0 fully saturated rings. The Morgan fingerprint density at radius 1 is 0.578 bits per heavy atom. The summed E-state index contributed by atoms with van der Waals surface area (Å²) in [5.74, 6) is 0. The minimum absolute atomic E-state index is 1.04. The van der Waals surface area contributed by atoms with Gasteiger partial charge in [-0.2, -0.15) is 0 Å². The summed E-state index contributed by atoms with van der Waals surface area (Å²) in [6.45, 7) is 11.1. The van der Waals surface area contributed by atoms with E-state index < -0.39 is 0 Å². The Kier molecular flexibility index (Phi) is 7.17. The van der Waals surface area contributed by atoms with Crippen molar-refractivity contribution in [1.82, 2.24) is 9.13 Å². The number of aromatic nitrogens is 2. The highest BCUT2D eigenvalue weighted by Gasteiger charge is 2.19. The lowest BCUT2D eigenvalue weighted by atomic mass is 9.90. The lowest BCUT2D eigenvalue weighted by Crippen LogP contribution is -1.98. The first-order chi connectivity index (χ1) is 21.9. The van der Waals surface area contributed by atoms with Gasteiger partial charge in [0.05, 0.1) is 22.2 Å². The molecular weight excluding hydrogens is 546 g/mol. The third-order valence-electron chi connectivity index (χ3n) is 9.45. The van der Waals surface area contributed by atoms with Crippen molar-refractivity contribution in [1.29, 1.82) is 0 Å². The smallest absolute Gasteiger partial charge is 0.0547 e. The molecule has 0 radical (unpaired) electrons. The van der Waals surface area contributed by atoms with Gasteiger partial charge in [-0.15, -0.1) is 0 Å². The number of nitrogens with two attached hydrogens (primary N) is 1. The monoisotopic (exact) mass is 585 g/mol. The summed E-state index contributed by atoms with van der Waals surface area (Å²) < 4.78 is 4.74. The van der Waals surface area contributed by atoms with E-state index in [1.165, 1.54) is 66.1 Å². The van der Waals surface area contributed by atoms with Crippen LogP contribution in [0.4, 0.5) is 0 Å². The Morgan fingerprint density at radius 2 is 1.33 bits per heavy atom.